The van der Waals surface area contributed by atoms with E-state index < -0.39 is 5.91 Å². The first-order valence-electron chi connectivity index (χ1n) is 8.25. The molecule has 1 aromatic heterocycles. The first kappa shape index (κ1) is 16.7. The molecule has 2 aromatic rings. The molecule has 0 radical (unpaired) electrons. The van der Waals surface area contributed by atoms with Crippen LogP contribution in [0.4, 0.5) is 5.00 Å². The molecule has 0 spiro atoms. The number of thiophene rings is 1. The van der Waals surface area contributed by atoms with Crippen molar-refractivity contribution in [3.05, 3.63) is 42.0 Å². The molecule has 0 saturated heterocycles. The monoisotopic (exact) mass is 344 g/mol. The van der Waals surface area contributed by atoms with E-state index in [-0.39, 0.29) is 5.91 Å². The molecule has 0 unspecified atom stereocenters. The summed E-state index contributed by atoms with van der Waals surface area (Å²) in [5, 5.41) is 5.48. The highest BCUT2D eigenvalue weighted by molar-refractivity contribution is 7.20. The van der Waals surface area contributed by atoms with E-state index >= 15 is 0 Å². The molecule has 0 atom stereocenters. The molecule has 6 heteroatoms. The lowest BCUT2D eigenvalue weighted by molar-refractivity contribution is -0.677. The molecule has 5 N–H and O–H groups in total. The summed E-state index contributed by atoms with van der Waals surface area (Å²) in [5.41, 5.74) is 6.84. The maximum absolute atomic E-state index is 12.2. The maximum atomic E-state index is 12.2. The summed E-state index contributed by atoms with van der Waals surface area (Å²) in [6.07, 6.45) is 4.86. The Morgan fingerprint density at radius 2 is 1.92 bits per heavy atom. The zero-order valence-corrected chi connectivity index (χ0v) is 14.3. The van der Waals surface area contributed by atoms with Gasteiger partial charge in [-0.15, -0.1) is 11.3 Å². The summed E-state index contributed by atoms with van der Waals surface area (Å²) >= 11 is 1.38. The van der Waals surface area contributed by atoms with Crippen molar-refractivity contribution in [3.63, 3.8) is 0 Å². The number of anilines is 1. The van der Waals surface area contributed by atoms with Gasteiger partial charge in [0.25, 0.3) is 11.8 Å². The van der Waals surface area contributed by atoms with Crippen LogP contribution in [0.1, 0.15) is 36.0 Å². The Morgan fingerprint density at radius 3 is 2.58 bits per heavy atom. The first-order chi connectivity index (χ1) is 11.6. The maximum Gasteiger partial charge on any atom is 0.280 e. The number of benzene rings is 1. The predicted molar refractivity (Wildman–Crippen MR) is 96.0 cm³/mol. The molecule has 1 saturated carbocycles. The number of carbonyl (C=O) groups excluding carboxylic acids is 2. The second-order valence-corrected chi connectivity index (χ2v) is 7.17. The number of primary amides is 1. The quantitative estimate of drug-likeness (QED) is 0.748. The van der Waals surface area contributed by atoms with Gasteiger partial charge in [0.15, 0.2) is 6.54 Å². The minimum atomic E-state index is -0.525. The van der Waals surface area contributed by atoms with E-state index in [2.05, 4.69) is 10.6 Å². The van der Waals surface area contributed by atoms with Crippen LogP contribution in [0.15, 0.2) is 36.4 Å². The molecule has 2 amide bonds. The minimum Gasteiger partial charge on any atom is -0.366 e. The largest absolute Gasteiger partial charge is 0.366 e. The predicted octanol–water partition coefficient (Wildman–Crippen LogP) is 1.96. The van der Waals surface area contributed by atoms with Crippen LogP contribution in [-0.2, 0) is 4.79 Å². The van der Waals surface area contributed by atoms with Crippen molar-refractivity contribution in [2.24, 2.45) is 5.73 Å². The Bertz CT molecular complexity index is 721. The molecule has 0 aliphatic heterocycles. The van der Waals surface area contributed by atoms with Gasteiger partial charge in [-0.25, -0.2) is 0 Å². The molecule has 5 nitrogen and oxygen atoms in total. The highest BCUT2D eigenvalue weighted by Crippen LogP contribution is 2.35. The fraction of sp³-hybridized carbons (Fsp3) is 0.333. The number of quaternary nitrogens is 1. The lowest BCUT2D eigenvalue weighted by atomic mass is 10.1. The van der Waals surface area contributed by atoms with Crippen molar-refractivity contribution in [1.29, 1.82) is 0 Å². The third-order valence-corrected chi connectivity index (χ3v) is 5.44. The summed E-state index contributed by atoms with van der Waals surface area (Å²) in [6, 6.07) is 12.1. The number of nitrogens with one attached hydrogen (secondary N) is 1. The lowest BCUT2D eigenvalue weighted by Crippen LogP contribution is -2.91. The normalized spacial score (nSPS) is 14.7. The number of hydrogen-bond acceptors (Lipinski definition) is 3. The second kappa shape index (κ2) is 7.59. The van der Waals surface area contributed by atoms with E-state index in [0.29, 0.717) is 23.2 Å². The average molecular weight is 344 g/mol. The van der Waals surface area contributed by atoms with E-state index in [4.69, 9.17) is 5.73 Å². The zero-order valence-electron chi connectivity index (χ0n) is 13.5. The van der Waals surface area contributed by atoms with E-state index in [1.807, 2.05) is 30.3 Å². The number of hydrogen-bond donors (Lipinski definition) is 3. The number of rotatable bonds is 6. The Morgan fingerprint density at radius 1 is 1.21 bits per heavy atom. The van der Waals surface area contributed by atoms with Gasteiger partial charge in [-0.3, -0.25) is 9.59 Å². The van der Waals surface area contributed by atoms with Gasteiger partial charge >= 0.3 is 0 Å². The van der Waals surface area contributed by atoms with Gasteiger partial charge in [-0.1, -0.05) is 30.3 Å². The van der Waals surface area contributed by atoms with E-state index in [0.717, 1.165) is 10.4 Å². The molecular formula is C18H22N3O2S+. The molecule has 1 heterocycles. The SMILES string of the molecule is NC(=O)c1cc(-c2ccccc2)sc1NC(=O)C[NH2+]C1CCCC1. The first-order valence-corrected chi connectivity index (χ1v) is 9.07. The van der Waals surface area contributed by atoms with Gasteiger partial charge in [-0.05, 0) is 37.3 Å². The van der Waals surface area contributed by atoms with Crippen LogP contribution < -0.4 is 16.4 Å². The molecule has 1 aromatic carbocycles. The molecule has 0 bridgehead atoms. The van der Waals surface area contributed by atoms with Crippen molar-refractivity contribution in [3.8, 4) is 10.4 Å². The molecule has 1 aliphatic carbocycles. The number of carbonyl (C=O) groups is 2. The van der Waals surface area contributed by atoms with Crippen molar-refractivity contribution in [2.45, 2.75) is 31.7 Å². The standard InChI is InChI=1S/C18H21N3O2S/c19-17(23)14-10-15(12-6-2-1-3-7-12)24-18(14)21-16(22)11-20-13-8-4-5-9-13/h1-3,6-7,10,13,20H,4-5,8-9,11H2,(H2,19,23)(H,21,22)/p+1. The summed E-state index contributed by atoms with van der Waals surface area (Å²) < 4.78 is 0. The van der Waals surface area contributed by atoms with Gasteiger partial charge < -0.3 is 16.4 Å². The third kappa shape index (κ3) is 4.01. The fourth-order valence-electron chi connectivity index (χ4n) is 3.06. The van der Waals surface area contributed by atoms with Crippen molar-refractivity contribution in [2.75, 3.05) is 11.9 Å². The van der Waals surface area contributed by atoms with E-state index in [1.165, 1.54) is 37.0 Å². The van der Waals surface area contributed by atoms with Gasteiger partial charge in [0.2, 0.25) is 0 Å². The molecule has 1 aliphatic rings. The summed E-state index contributed by atoms with van der Waals surface area (Å²) in [4.78, 5) is 24.8. The minimum absolute atomic E-state index is 0.0918. The van der Waals surface area contributed by atoms with Crippen LogP contribution in [0.25, 0.3) is 10.4 Å². The smallest absolute Gasteiger partial charge is 0.280 e. The second-order valence-electron chi connectivity index (χ2n) is 6.12. The van der Waals surface area contributed by atoms with Gasteiger partial charge in [-0.2, -0.15) is 0 Å². The highest BCUT2D eigenvalue weighted by Gasteiger charge is 2.21. The molecule has 1 fully saturated rings. The van der Waals surface area contributed by atoms with Crippen LogP contribution in [0.5, 0.6) is 0 Å². The van der Waals surface area contributed by atoms with Crippen LogP contribution in [0, 0.1) is 0 Å². The Labute approximate surface area is 145 Å². The highest BCUT2D eigenvalue weighted by atomic mass is 32.1. The lowest BCUT2D eigenvalue weighted by Gasteiger charge is -2.08. The summed E-state index contributed by atoms with van der Waals surface area (Å²) in [5.74, 6) is -0.616. The van der Waals surface area contributed by atoms with Crippen LogP contribution in [0.2, 0.25) is 0 Å². The van der Waals surface area contributed by atoms with Crippen LogP contribution in [-0.4, -0.2) is 24.4 Å². The number of nitrogens with two attached hydrogens (primary N) is 2. The molecular weight excluding hydrogens is 322 g/mol. The summed E-state index contributed by atoms with van der Waals surface area (Å²) in [7, 11) is 0. The summed E-state index contributed by atoms with van der Waals surface area (Å²) in [6.45, 7) is 0.376. The molecule has 3 rings (SSSR count). The van der Waals surface area contributed by atoms with Gasteiger partial charge in [0.1, 0.15) is 5.00 Å². The Hall–Kier alpha value is -2.18. The van der Waals surface area contributed by atoms with Gasteiger partial charge in [0, 0.05) is 4.88 Å². The van der Waals surface area contributed by atoms with Crippen LogP contribution >= 0.6 is 11.3 Å². The topological polar surface area (TPSA) is 88.8 Å². The zero-order chi connectivity index (χ0) is 16.9. The molecule has 24 heavy (non-hydrogen) atoms. The fourth-order valence-corrected chi connectivity index (χ4v) is 4.14. The Balaban J connectivity index is 1.70. The molecule has 126 valence electrons. The van der Waals surface area contributed by atoms with Crippen molar-refractivity contribution < 1.29 is 14.9 Å². The van der Waals surface area contributed by atoms with Crippen molar-refractivity contribution >= 4 is 28.2 Å². The van der Waals surface area contributed by atoms with Crippen LogP contribution in [0.3, 0.4) is 0 Å². The van der Waals surface area contributed by atoms with Crippen molar-refractivity contribution in [1.82, 2.24) is 0 Å². The van der Waals surface area contributed by atoms with E-state index in [9.17, 15) is 9.59 Å². The van der Waals surface area contributed by atoms with E-state index in [1.54, 1.807) is 6.07 Å². The van der Waals surface area contributed by atoms with Gasteiger partial charge in [0.05, 0.1) is 11.6 Å². The average Bonchev–Trinajstić information content (AvgIpc) is 3.23. The third-order valence-electron chi connectivity index (χ3n) is 4.35. The number of amides is 2. The Kier molecular flexibility index (Phi) is 5.27.